The second-order valence-corrected chi connectivity index (χ2v) is 7.21. The first-order valence-electron chi connectivity index (χ1n) is 9.26. The van der Waals surface area contributed by atoms with Gasteiger partial charge in [-0.25, -0.2) is 9.97 Å². The van der Waals surface area contributed by atoms with E-state index in [1.165, 1.54) is 31.6 Å². The molecule has 0 aliphatic carbocycles. The number of nitrogens with zero attached hydrogens (tertiary/aromatic N) is 6. The van der Waals surface area contributed by atoms with Crippen molar-refractivity contribution in [2.75, 3.05) is 36.4 Å². The molecule has 0 radical (unpaired) electrons. The molecule has 2 fully saturated rings. The molecule has 0 saturated carbocycles. The quantitative estimate of drug-likeness (QED) is 0.783. The summed E-state index contributed by atoms with van der Waals surface area (Å²) < 4.78 is 1.90. The van der Waals surface area contributed by atoms with E-state index in [1.807, 2.05) is 11.6 Å². The van der Waals surface area contributed by atoms with Crippen molar-refractivity contribution in [3.8, 4) is 0 Å². The van der Waals surface area contributed by atoms with E-state index in [0.29, 0.717) is 5.95 Å². The standard InChI is InChI=1S/C19H23N7/c1-24-13-21-17-11-20-19(23-18(17)24)22-14-4-6-15(7-5-14)26-10-9-25-8-2-3-16(25)12-26/h4-7,11,13,16H,2-3,8-10,12H2,1H3,(H,20,22,23). The molecule has 5 rings (SSSR count). The largest absolute Gasteiger partial charge is 0.369 e. The number of hydrogen-bond donors (Lipinski definition) is 1. The van der Waals surface area contributed by atoms with Crippen LogP contribution in [-0.4, -0.2) is 56.6 Å². The maximum Gasteiger partial charge on any atom is 0.229 e. The summed E-state index contributed by atoms with van der Waals surface area (Å²) in [7, 11) is 1.94. The molecule has 2 aliphatic rings. The fraction of sp³-hybridized carbons (Fsp3) is 0.421. The Bertz CT molecular complexity index is 917. The molecule has 0 amide bonds. The van der Waals surface area contributed by atoms with Crippen LogP contribution < -0.4 is 10.2 Å². The molecular formula is C19H23N7. The van der Waals surface area contributed by atoms with Crippen LogP contribution in [0.2, 0.25) is 0 Å². The van der Waals surface area contributed by atoms with Crippen molar-refractivity contribution < 1.29 is 0 Å². The van der Waals surface area contributed by atoms with Crippen molar-refractivity contribution in [1.82, 2.24) is 24.4 Å². The van der Waals surface area contributed by atoms with Crippen LogP contribution >= 0.6 is 0 Å². The Balaban J connectivity index is 1.30. The SMILES string of the molecule is Cn1cnc2cnc(Nc3ccc(N4CCN5CCCC5C4)cc3)nc21. The van der Waals surface area contributed by atoms with E-state index in [9.17, 15) is 0 Å². The van der Waals surface area contributed by atoms with Crippen LogP contribution in [0, 0.1) is 0 Å². The Hall–Kier alpha value is -2.67. The fourth-order valence-electron chi connectivity index (χ4n) is 4.09. The molecule has 1 N–H and O–H groups in total. The highest BCUT2D eigenvalue weighted by Crippen LogP contribution is 2.26. The molecule has 1 unspecified atom stereocenters. The van der Waals surface area contributed by atoms with Crippen LogP contribution in [0.25, 0.3) is 11.2 Å². The Morgan fingerprint density at radius 3 is 2.85 bits per heavy atom. The molecular weight excluding hydrogens is 326 g/mol. The van der Waals surface area contributed by atoms with Crippen molar-refractivity contribution in [2.24, 2.45) is 7.05 Å². The van der Waals surface area contributed by atoms with Crippen molar-refractivity contribution in [3.05, 3.63) is 36.8 Å². The molecule has 1 atom stereocenters. The summed E-state index contributed by atoms with van der Waals surface area (Å²) >= 11 is 0. The zero-order valence-electron chi connectivity index (χ0n) is 15.0. The monoisotopic (exact) mass is 349 g/mol. The molecule has 2 aliphatic heterocycles. The number of aromatic nitrogens is 4. The van der Waals surface area contributed by atoms with Gasteiger partial charge in [0.2, 0.25) is 5.95 Å². The van der Waals surface area contributed by atoms with Gasteiger partial charge in [0.15, 0.2) is 5.65 Å². The smallest absolute Gasteiger partial charge is 0.229 e. The molecule has 4 heterocycles. The molecule has 7 heteroatoms. The van der Waals surface area contributed by atoms with Crippen LogP contribution in [0.15, 0.2) is 36.8 Å². The van der Waals surface area contributed by atoms with Gasteiger partial charge < -0.3 is 14.8 Å². The predicted molar refractivity (Wildman–Crippen MR) is 103 cm³/mol. The first-order valence-corrected chi connectivity index (χ1v) is 9.26. The lowest BCUT2D eigenvalue weighted by atomic mass is 10.1. The molecule has 7 nitrogen and oxygen atoms in total. The van der Waals surface area contributed by atoms with Crippen LogP contribution in [0.4, 0.5) is 17.3 Å². The minimum Gasteiger partial charge on any atom is -0.369 e. The molecule has 1 aromatic carbocycles. The van der Waals surface area contributed by atoms with Gasteiger partial charge in [-0.3, -0.25) is 4.90 Å². The normalized spacial score (nSPS) is 20.5. The number of fused-ring (bicyclic) bond motifs is 2. The second-order valence-electron chi connectivity index (χ2n) is 7.21. The van der Waals surface area contributed by atoms with Gasteiger partial charge in [0.1, 0.15) is 5.52 Å². The van der Waals surface area contributed by atoms with E-state index in [0.717, 1.165) is 36.0 Å². The predicted octanol–water partition coefficient (Wildman–Crippen LogP) is 2.39. The Morgan fingerprint density at radius 1 is 1.08 bits per heavy atom. The maximum atomic E-state index is 4.54. The number of hydrogen-bond acceptors (Lipinski definition) is 6. The highest BCUT2D eigenvalue weighted by molar-refractivity contribution is 5.71. The highest BCUT2D eigenvalue weighted by atomic mass is 15.3. The van der Waals surface area contributed by atoms with Crippen molar-refractivity contribution >= 4 is 28.5 Å². The minimum atomic E-state index is 0.591. The Morgan fingerprint density at radius 2 is 1.96 bits per heavy atom. The number of piperazine rings is 1. The van der Waals surface area contributed by atoms with E-state index in [1.54, 1.807) is 12.5 Å². The molecule has 2 saturated heterocycles. The third-order valence-electron chi connectivity index (χ3n) is 5.53. The summed E-state index contributed by atoms with van der Waals surface area (Å²) in [6.45, 7) is 4.72. The number of imidazole rings is 1. The summed E-state index contributed by atoms with van der Waals surface area (Å²) in [5.74, 6) is 0.591. The zero-order valence-corrected chi connectivity index (χ0v) is 15.0. The summed E-state index contributed by atoms with van der Waals surface area (Å²) in [6, 6.07) is 9.33. The van der Waals surface area contributed by atoms with Gasteiger partial charge in [0.05, 0.1) is 12.5 Å². The lowest BCUT2D eigenvalue weighted by molar-refractivity contribution is 0.231. The van der Waals surface area contributed by atoms with E-state index >= 15 is 0 Å². The van der Waals surface area contributed by atoms with Crippen LogP contribution in [-0.2, 0) is 7.05 Å². The minimum absolute atomic E-state index is 0.591. The lowest BCUT2D eigenvalue weighted by Crippen LogP contribution is -2.50. The number of benzene rings is 1. The average Bonchev–Trinajstić information content (AvgIpc) is 3.29. The third-order valence-corrected chi connectivity index (χ3v) is 5.53. The number of anilines is 3. The van der Waals surface area contributed by atoms with Crippen molar-refractivity contribution in [3.63, 3.8) is 0 Å². The molecule has 0 bridgehead atoms. The van der Waals surface area contributed by atoms with Crippen LogP contribution in [0.5, 0.6) is 0 Å². The molecule has 26 heavy (non-hydrogen) atoms. The topological polar surface area (TPSA) is 62.1 Å². The zero-order chi connectivity index (χ0) is 17.5. The van der Waals surface area contributed by atoms with Gasteiger partial charge in [-0.05, 0) is 43.7 Å². The van der Waals surface area contributed by atoms with Gasteiger partial charge in [-0.1, -0.05) is 0 Å². The summed E-state index contributed by atoms with van der Waals surface area (Å²) in [5, 5.41) is 3.29. The van der Waals surface area contributed by atoms with Gasteiger partial charge in [-0.2, -0.15) is 4.98 Å². The van der Waals surface area contributed by atoms with E-state index in [4.69, 9.17) is 0 Å². The first-order chi connectivity index (χ1) is 12.8. The third kappa shape index (κ3) is 2.78. The lowest BCUT2D eigenvalue weighted by Gasteiger charge is -2.38. The van der Waals surface area contributed by atoms with Gasteiger partial charge in [0, 0.05) is 44.1 Å². The van der Waals surface area contributed by atoms with Crippen LogP contribution in [0.1, 0.15) is 12.8 Å². The number of aryl methyl sites for hydroxylation is 1. The van der Waals surface area contributed by atoms with Gasteiger partial charge >= 0.3 is 0 Å². The molecule has 0 spiro atoms. The average molecular weight is 349 g/mol. The summed E-state index contributed by atoms with van der Waals surface area (Å²) in [6.07, 6.45) is 6.19. The van der Waals surface area contributed by atoms with Crippen LogP contribution in [0.3, 0.4) is 0 Å². The van der Waals surface area contributed by atoms with E-state index in [2.05, 4.69) is 54.3 Å². The molecule has 134 valence electrons. The molecule has 2 aromatic heterocycles. The summed E-state index contributed by atoms with van der Waals surface area (Å²) in [4.78, 5) is 18.3. The molecule has 3 aromatic rings. The fourth-order valence-corrected chi connectivity index (χ4v) is 4.09. The maximum absolute atomic E-state index is 4.54. The first kappa shape index (κ1) is 15.6. The van der Waals surface area contributed by atoms with E-state index in [-0.39, 0.29) is 0 Å². The summed E-state index contributed by atoms with van der Waals surface area (Å²) in [5.41, 5.74) is 3.92. The van der Waals surface area contributed by atoms with E-state index < -0.39 is 0 Å². The van der Waals surface area contributed by atoms with Crippen molar-refractivity contribution in [1.29, 1.82) is 0 Å². The second kappa shape index (κ2) is 6.25. The Labute approximate surface area is 152 Å². The van der Waals surface area contributed by atoms with Crippen molar-refractivity contribution in [2.45, 2.75) is 18.9 Å². The van der Waals surface area contributed by atoms with Gasteiger partial charge in [0.25, 0.3) is 0 Å². The van der Waals surface area contributed by atoms with Gasteiger partial charge in [-0.15, -0.1) is 0 Å². The highest BCUT2D eigenvalue weighted by Gasteiger charge is 2.30. The number of rotatable bonds is 3. The number of nitrogens with one attached hydrogen (secondary N) is 1. The Kier molecular flexibility index (Phi) is 3.74.